The fraction of sp³-hybridized carbons (Fsp3) is 0.357. The summed E-state index contributed by atoms with van der Waals surface area (Å²) in [4.78, 5) is 13.9. The lowest BCUT2D eigenvalue weighted by Crippen LogP contribution is -2.20. The maximum absolute atomic E-state index is 12.2. The van der Waals surface area contributed by atoms with Crippen LogP contribution in [0.1, 0.15) is 12.7 Å². The van der Waals surface area contributed by atoms with Crippen molar-refractivity contribution in [1.82, 2.24) is 15.0 Å². The van der Waals surface area contributed by atoms with Crippen molar-refractivity contribution in [3.05, 3.63) is 35.4 Å². The van der Waals surface area contributed by atoms with Crippen molar-refractivity contribution < 1.29 is 25.6 Å². The molecule has 148 valence electrons. The molecule has 0 aliphatic heterocycles. The predicted molar refractivity (Wildman–Crippen MR) is 98.2 cm³/mol. The van der Waals surface area contributed by atoms with Crippen LogP contribution in [0.2, 0.25) is 5.28 Å². The van der Waals surface area contributed by atoms with Gasteiger partial charge in [-0.2, -0.15) is 18.4 Å². The molecule has 1 aromatic carbocycles. The Morgan fingerprint density at radius 3 is 2.26 bits per heavy atom. The van der Waals surface area contributed by atoms with Crippen LogP contribution in [0.15, 0.2) is 29.2 Å². The molecule has 1 heterocycles. The van der Waals surface area contributed by atoms with Crippen molar-refractivity contribution in [1.29, 1.82) is 0 Å². The van der Waals surface area contributed by atoms with Gasteiger partial charge in [0.2, 0.25) is 11.2 Å². The van der Waals surface area contributed by atoms with Crippen molar-refractivity contribution in [3.63, 3.8) is 0 Å². The van der Waals surface area contributed by atoms with Gasteiger partial charge in [-0.15, -0.1) is 0 Å². The molecule has 1 N–H and O–H groups in total. The lowest BCUT2D eigenvalue weighted by atomic mass is 10.3. The lowest BCUT2D eigenvalue weighted by molar-refractivity contribution is 0.284. The van der Waals surface area contributed by atoms with Crippen LogP contribution in [-0.2, 0) is 24.4 Å². The second kappa shape index (κ2) is 8.44. The molecule has 0 saturated heterocycles. The SMILES string of the molecule is CCN(c1ccc(S(=O)(=O)CCOS(=O)(=O)O)cc1)c1nc(C)nc(Cl)n1. The standard InChI is InChI=1S/C14H17ClN4O6S2/c1-3-19(14-17-10(2)16-13(15)18-14)11-4-6-12(7-5-11)26(20,21)9-8-25-27(22,23)24/h4-7H,3,8-9H2,1-2H3,(H,22,23,24). The minimum Gasteiger partial charge on any atom is -0.311 e. The van der Waals surface area contributed by atoms with E-state index in [0.717, 1.165) is 0 Å². The summed E-state index contributed by atoms with van der Waals surface area (Å²) in [5.74, 6) is 0.167. The Hall–Kier alpha value is -1.86. The monoisotopic (exact) mass is 436 g/mol. The van der Waals surface area contributed by atoms with Gasteiger partial charge in [-0.3, -0.25) is 4.55 Å². The molecule has 0 fully saturated rings. The first kappa shape index (κ1) is 21.4. The number of benzene rings is 1. The third-order valence-corrected chi connectivity index (χ3v) is 5.69. The van der Waals surface area contributed by atoms with Gasteiger partial charge >= 0.3 is 10.4 Å². The van der Waals surface area contributed by atoms with E-state index in [1.807, 2.05) is 6.92 Å². The summed E-state index contributed by atoms with van der Waals surface area (Å²) in [6, 6.07) is 5.87. The molecule has 0 saturated carbocycles. The van der Waals surface area contributed by atoms with E-state index >= 15 is 0 Å². The highest BCUT2D eigenvalue weighted by Gasteiger charge is 2.18. The van der Waals surface area contributed by atoms with Crippen LogP contribution in [0.4, 0.5) is 11.6 Å². The van der Waals surface area contributed by atoms with E-state index in [2.05, 4.69) is 19.1 Å². The number of hydrogen-bond donors (Lipinski definition) is 1. The lowest BCUT2D eigenvalue weighted by Gasteiger charge is -2.21. The third-order valence-electron chi connectivity index (χ3n) is 3.36. The highest BCUT2D eigenvalue weighted by Crippen LogP contribution is 2.24. The van der Waals surface area contributed by atoms with Crippen molar-refractivity contribution in [3.8, 4) is 0 Å². The molecule has 1 aromatic heterocycles. The number of hydrogen-bond acceptors (Lipinski definition) is 9. The van der Waals surface area contributed by atoms with E-state index in [9.17, 15) is 16.8 Å². The molecular formula is C14H17ClN4O6S2. The fourth-order valence-corrected chi connectivity index (χ4v) is 3.88. The number of anilines is 2. The molecule has 2 rings (SSSR count). The fourth-order valence-electron chi connectivity index (χ4n) is 2.20. The molecule has 13 heteroatoms. The highest BCUT2D eigenvalue weighted by molar-refractivity contribution is 7.91. The summed E-state index contributed by atoms with van der Waals surface area (Å²) in [5.41, 5.74) is 0.632. The third kappa shape index (κ3) is 6.07. The van der Waals surface area contributed by atoms with Gasteiger partial charge in [0.05, 0.1) is 17.3 Å². The van der Waals surface area contributed by atoms with Crippen LogP contribution in [0, 0.1) is 6.92 Å². The Balaban J connectivity index is 2.22. The van der Waals surface area contributed by atoms with Gasteiger partial charge in [0.25, 0.3) is 0 Å². The molecule has 0 amide bonds. The summed E-state index contributed by atoms with van der Waals surface area (Å²) >= 11 is 5.86. The van der Waals surface area contributed by atoms with Gasteiger partial charge in [0, 0.05) is 12.2 Å². The second-order valence-corrected chi connectivity index (χ2v) is 8.80. The van der Waals surface area contributed by atoms with E-state index in [1.165, 1.54) is 12.1 Å². The van der Waals surface area contributed by atoms with Crippen LogP contribution in [0.3, 0.4) is 0 Å². The molecule has 0 aliphatic carbocycles. The number of aromatic nitrogens is 3. The summed E-state index contributed by atoms with van der Waals surface area (Å²) in [7, 11) is -8.48. The average Bonchev–Trinajstić information content (AvgIpc) is 2.53. The van der Waals surface area contributed by atoms with E-state index in [-0.39, 0.29) is 10.2 Å². The molecule has 0 unspecified atom stereocenters. The van der Waals surface area contributed by atoms with Crippen molar-refractivity contribution in [2.45, 2.75) is 18.7 Å². The number of rotatable bonds is 8. The van der Waals surface area contributed by atoms with E-state index in [1.54, 1.807) is 24.0 Å². The van der Waals surface area contributed by atoms with Crippen molar-refractivity contribution in [2.24, 2.45) is 0 Å². The maximum atomic E-state index is 12.2. The van der Waals surface area contributed by atoms with Crippen LogP contribution < -0.4 is 4.90 Å². The Morgan fingerprint density at radius 2 is 1.74 bits per heavy atom. The molecule has 0 spiro atoms. The van der Waals surface area contributed by atoms with E-state index in [4.69, 9.17) is 16.2 Å². The maximum Gasteiger partial charge on any atom is 0.397 e. The van der Waals surface area contributed by atoms with Crippen molar-refractivity contribution >= 4 is 43.5 Å². The molecule has 2 aromatic rings. The molecule has 0 aliphatic rings. The molecule has 10 nitrogen and oxygen atoms in total. The second-order valence-electron chi connectivity index (χ2n) is 5.26. The minimum absolute atomic E-state index is 0.0221. The van der Waals surface area contributed by atoms with Gasteiger partial charge < -0.3 is 4.90 Å². The van der Waals surface area contributed by atoms with Crippen LogP contribution >= 0.6 is 11.6 Å². The van der Waals surface area contributed by atoms with Gasteiger partial charge in [0.1, 0.15) is 5.82 Å². The molecule has 0 radical (unpaired) electrons. The molecule has 0 atom stereocenters. The zero-order valence-electron chi connectivity index (χ0n) is 14.4. The quantitative estimate of drug-likeness (QED) is 0.606. The first-order valence-electron chi connectivity index (χ1n) is 7.62. The largest absolute Gasteiger partial charge is 0.397 e. The van der Waals surface area contributed by atoms with Crippen LogP contribution in [0.25, 0.3) is 0 Å². The van der Waals surface area contributed by atoms with Crippen LogP contribution in [0.5, 0.6) is 0 Å². The molecule has 0 bridgehead atoms. The molecular weight excluding hydrogens is 420 g/mol. The Morgan fingerprint density at radius 1 is 1.11 bits per heavy atom. The topological polar surface area (TPSA) is 140 Å². The number of aryl methyl sites for hydroxylation is 1. The normalized spacial score (nSPS) is 12.1. The zero-order chi connectivity index (χ0) is 20.2. The summed E-state index contributed by atoms with van der Waals surface area (Å²) in [5, 5.41) is 0.0500. The minimum atomic E-state index is -4.69. The van der Waals surface area contributed by atoms with Crippen LogP contribution in [-0.4, -0.2) is 55.2 Å². The number of nitrogens with zero attached hydrogens (tertiary/aromatic N) is 4. The van der Waals surface area contributed by atoms with Gasteiger partial charge in [0.15, 0.2) is 9.84 Å². The van der Waals surface area contributed by atoms with Crippen molar-refractivity contribution in [2.75, 3.05) is 23.8 Å². The Bertz CT molecular complexity index is 992. The van der Waals surface area contributed by atoms with Gasteiger partial charge in [-0.05, 0) is 49.7 Å². The zero-order valence-corrected chi connectivity index (χ0v) is 16.8. The Labute approximate surface area is 162 Å². The number of halogens is 1. The average molecular weight is 437 g/mol. The molecule has 27 heavy (non-hydrogen) atoms. The highest BCUT2D eigenvalue weighted by atomic mass is 35.5. The smallest absolute Gasteiger partial charge is 0.311 e. The predicted octanol–water partition coefficient (Wildman–Crippen LogP) is 1.58. The van der Waals surface area contributed by atoms with E-state index < -0.39 is 32.6 Å². The first-order valence-corrected chi connectivity index (χ1v) is 11.0. The Kier molecular flexibility index (Phi) is 6.70. The summed E-state index contributed by atoms with van der Waals surface area (Å²) in [6.45, 7) is 3.35. The van der Waals surface area contributed by atoms with Gasteiger partial charge in [-0.1, -0.05) is 0 Å². The van der Waals surface area contributed by atoms with E-state index in [0.29, 0.717) is 24.0 Å². The van der Waals surface area contributed by atoms with Gasteiger partial charge in [-0.25, -0.2) is 17.6 Å². The summed E-state index contributed by atoms with van der Waals surface area (Å²) < 4.78 is 57.9. The first-order chi connectivity index (χ1) is 12.5. The summed E-state index contributed by atoms with van der Waals surface area (Å²) in [6.07, 6.45) is 0. The number of sulfone groups is 1.